The van der Waals surface area contributed by atoms with E-state index in [1.807, 2.05) is 19.3 Å². The molecule has 0 atom stereocenters. The number of aromatic nitrogens is 6. The molecule has 0 spiro atoms. The maximum absolute atomic E-state index is 5.87. The van der Waals surface area contributed by atoms with Gasteiger partial charge in [0, 0.05) is 51.5 Å². The van der Waals surface area contributed by atoms with Gasteiger partial charge in [0.15, 0.2) is 0 Å². The average Bonchev–Trinajstić information content (AvgIpc) is 3.39. The molecule has 0 saturated carbocycles. The highest BCUT2D eigenvalue weighted by molar-refractivity contribution is 5.45. The summed E-state index contributed by atoms with van der Waals surface area (Å²) >= 11 is 0. The zero-order chi connectivity index (χ0) is 19.4. The maximum atomic E-state index is 5.87. The van der Waals surface area contributed by atoms with E-state index in [1.165, 1.54) is 0 Å². The van der Waals surface area contributed by atoms with Crippen LogP contribution in [0.5, 0.6) is 0 Å². The second-order valence-corrected chi connectivity index (χ2v) is 7.08. The fourth-order valence-corrected chi connectivity index (χ4v) is 3.67. The second kappa shape index (κ2) is 8.15. The van der Waals surface area contributed by atoms with Gasteiger partial charge >= 0.3 is 0 Å². The van der Waals surface area contributed by atoms with Crippen LogP contribution in [0.4, 0.5) is 0 Å². The summed E-state index contributed by atoms with van der Waals surface area (Å²) in [6, 6.07) is 0. The molecule has 28 heavy (non-hydrogen) atoms. The summed E-state index contributed by atoms with van der Waals surface area (Å²) in [5, 5.41) is 4.07. The Balaban J connectivity index is 1.35. The SMILES string of the molecule is COC1(c2nc(-c3cnccn3)no2)CCN(CCCn2ccnc2C)CC1. The van der Waals surface area contributed by atoms with Crippen LogP contribution in [-0.4, -0.2) is 61.3 Å². The number of nitrogens with zero attached hydrogens (tertiary/aromatic N) is 7. The summed E-state index contributed by atoms with van der Waals surface area (Å²) in [5.74, 6) is 2.02. The third-order valence-corrected chi connectivity index (χ3v) is 5.46. The zero-order valence-corrected chi connectivity index (χ0v) is 16.3. The van der Waals surface area contributed by atoms with Crippen molar-refractivity contribution in [3.05, 3.63) is 42.7 Å². The first-order valence-corrected chi connectivity index (χ1v) is 9.56. The van der Waals surface area contributed by atoms with Gasteiger partial charge in [-0.3, -0.25) is 4.98 Å². The van der Waals surface area contributed by atoms with Gasteiger partial charge < -0.3 is 18.7 Å². The monoisotopic (exact) mass is 383 g/mol. The Morgan fingerprint density at radius 3 is 2.68 bits per heavy atom. The first-order chi connectivity index (χ1) is 13.7. The van der Waals surface area contributed by atoms with Gasteiger partial charge in [-0.2, -0.15) is 4.98 Å². The molecule has 1 aliphatic rings. The van der Waals surface area contributed by atoms with E-state index in [0.29, 0.717) is 17.4 Å². The van der Waals surface area contributed by atoms with Gasteiger partial charge in [0.2, 0.25) is 5.82 Å². The molecule has 1 saturated heterocycles. The van der Waals surface area contributed by atoms with Crippen molar-refractivity contribution in [1.29, 1.82) is 0 Å². The quantitative estimate of drug-likeness (QED) is 0.612. The number of likely N-dealkylation sites (tertiary alicyclic amines) is 1. The molecule has 3 aromatic rings. The van der Waals surface area contributed by atoms with Crippen LogP contribution in [0.1, 0.15) is 31.0 Å². The summed E-state index contributed by atoms with van der Waals surface area (Å²) in [6.07, 6.45) is 11.5. The smallest absolute Gasteiger partial charge is 0.259 e. The Kier molecular flexibility index (Phi) is 5.45. The van der Waals surface area contributed by atoms with E-state index in [0.717, 1.165) is 51.3 Å². The molecule has 0 N–H and O–H groups in total. The number of hydrogen-bond acceptors (Lipinski definition) is 8. The molecule has 0 aliphatic carbocycles. The molecule has 4 heterocycles. The molecule has 0 amide bonds. The van der Waals surface area contributed by atoms with Gasteiger partial charge in [0.1, 0.15) is 17.1 Å². The van der Waals surface area contributed by atoms with Crippen LogP contribution in [0.15, 0.2) is 35.5 Å². The molecule has 0 radical (unpaired) electrons. The van der Waals surface area contributed by atoms with Gasteiger partial charge in [-0.05, 0) is 32.7 Å². The van der Waals surface area contributed by atoms with Crippen LogP contribution < -0.4 is 0 Å². The Morgan fingerprint density at radius 1 is 1.14 bits per heavy atom. The van der Waals surface area contributed by atoms with Crippen LogP contribution in [0, 0.1) is 6.92 Å². The van der Waals surface area contributed by atoms with Gasteiger partial charge in [-0.25, -0.2) is 9.97 Å². The number of rotatable bonds is 7. The second-order valence-electron chi connectivity index (χ2n) is 7.08. The molecular formula is C19H25N7O2. The largest absolute Gasteiger partial charge is 0.368 e. The topological polar surface area (TPSA) is 95.0 Å². The van der Waals surface area contributed by atoms with E-state index in [2.05, 4.69) is 34.6 Å². The van der Waals surface area contributed by atoms with Gasteiger partial charge in [0.25, 0.3) is 5.89 Å². The predicted octanol–water partition coefficient (Wildman–Crippen LogP) is 2.06. The third kappa shape index (κ3) is 3.81. The molecule has 0 bridgehead atoms. The van der Waals surface area contributed by atoms with Crippen molar-refractivity contribution in [1.82, 2.24) is 34.6 Å². The van der Waals surface area contributed by atoms with E-state index >= 15 is 0 Å². The van der Waals surface area contributed by atoms with E-state index in [4.69, 9.17) is 9.26 Å². The number of ether oxygens (including phenoxy) is 1. The molecular weight excluding hydrogens is 358 g/mol. The lowest BCUT2D eigenvalue weighted by atomic mass is 9.90. The number of imidazole rings is 1. The minimum absolute atomic E-state index is 0.442. The third-order valence-electron chi connectivity index (χ3n) is 5.46. The molecule has 148 valence electrons. The van der Waals surface area contributed by atoms with E-state index in [1.54, 1.807) is 25.7 Å². The fourth-order valence-electron chi connectivity index (χ4n) is 3.67. The molecule has 9 heteroatoms. The van der Waals surface area contributed by atoms with Crippen molar-refractivity contribution >= 4 is 0 Å². The highest BCUT2D eigenvalue weighted by Crippen LogP contribution is 2.36. The maximum Gasteiger partial charge on any atom is 0.259 e. The minimum atomic E-state index is -0.537. The van der Waals surface area contributed by atoms with Gasteiger partial charge in [-0.15, -0.1) is 0 Å². The van der Waals surface area contributed by atoms with Crippen molar-refractivity contribution in [2.75, 3.05) is 26.7 Å². The summed E-state index contributed by atoms with van der Waals surface area (Å²) in [7, 11) is 1.71. The molecule has 9 nitrogen and oxygen atoms in total. The van der Waals surface area contributed by atoms with Crippen molar-refractivity contribution in [3.63, 3.8) is 0 Å². The van der Waals surface area contributed by atoms with Gasteiger partial charge in [0.05, 0.1) is 6.20 Å². The lowest BCUT2D eigenvalue weighted by Gasteiger charge is -2.38. The highest BCUT2D eigenvalue weighted by atomic mass is 16.5. The molecule has 3 aromatic heterocycles. The number of piperidine rings is 1. The van der Waals surface area contributed by atoms with Crippen LogP contribution >= 0.6 is 0 Å². The number of hydrogen-bond donors (Lipinski definition) is 0. The summed E-state index contributed by atoms with van der Waals surface area (Å²) < 4.78 is 13.6. The molecule has 4 rings (SSSR count). The Hall–Kier alpha value is -2.65. The summed E-state index contributed by atoms with van der Waals surface area (Å²) in [6.45, 7) is 5.93. The van der Waals surface area contributed by atoms with E-state index < -0.39 is 5.60 Å². The standard InChI is InChI=1S/C19H25N7O2/c1-15-21-8-13-26(15)10-3-9-25-11-4-19(27-2,5-12-25)18-23-17(24-28-18)16-14-20-6-7-22-16/h6-8,13-14H,3-5,9-12H2,1-2H3. The van der Waals surface area contributed by atoms with Crippen molar-refractivity contribution in [3.8, 4) is 11.5 Å². The molecule has 1 aliphatic heterocycles. The first kappa shape index (κ1) is 18.7. The highest BCUT2D eigenvalue weighted by Gasteiger charge is 2.41. The summed E-state index contributed by atoms with van der Waals surface area (Å²) in [4.78, 5) is 19.6. The van der Waals surface area contributed by atoms with Gasteiger partial charge in [-0.1, -0.05) is 5.16 Å². The van der Waals surface area contributed by atoms with E-state index in [-0.39, 0.29) is 0 Å². The van der Waals surface area contributed by atoms with Crippen LogP contribution in [-0.2, 0) is 16.9 Å². The predicted molar refractivity (Wildman–Crippen MR) is 101 cm³/mol. The molecule has 1 fully saturated rings. The number of methoxy groups -OCH3 is 1. The Bertz CT molecular complexity index is 885. The van der Waals surface area contributed by atoms with Crippen LogP contribution in [0.2, 0.25) is 0 Å². The van der Waals surface area contributed by atoms with Crippen molar-refractivity contribution in [2.24, 2.45) is 0 Å². The average molecular weight is 383 g/mol. The Morgan fingerprint density at radius 2 is 2.00 bits per heavy atom. The van der Waals surface area contributed by atoms with Crippen LogP contribution in [0.3, 0.4) is 0 Å². The Labute approximate surface area is 163 Å². The molecule has 0 unspecified atom stereocenters. The van der Waals surface area contributed by atoms with Crippen molar-refractivity contribution < 1.29 is 9.26 Å². The minimum Gasteiger partial charge on any atom is -0.368 e. The zero-order valence-electron chi connectivity index (χ0n) is 16.3. The normalized spacial score (nSPS) is 17.1. The van der Waals surface area contributed by atoms with Crippen LogP contribution in [0.25, 0.3) is 11.5 Å². The number of aryl methyl sites for hydroxylation is 2. The summed E-state index contributed by atoms with van der Waals surface area (Å²) in [5.41, 5.74) is 0.0567. The fraction of sp³-hybridized carbons (Fsp3) is 0.526. The van der Waals surface area contributed by atoms with E-state index in [9.17, 15) is 0 Å². The first-order valence-electron chi connectivity index (χ1n) is 9.56. The molecule has 0 aromatic carbocycles. The van der Waals surface area contributed by atoms with Crippen molar-refractivity contribution in [2.45, 2.75) is 38.3 Å². The lowest BCUT2D eigenvalue weighted by molar-refractivity contribution is -0.0828. The lowest BCUT2D eigenvalue weighted by Crippen LogP contribution is -2.44.